The molecule has 5 nitrogen and oxygen atoms in total. The average molecular weight is 316 g/mol. The number of carbonyl (C=O) groups is 2. The summed E-state index contributed by atoms with van der Waals surface area (Å²) in [6, 6.07) is 8.41. The van der Waals surface area contributed by atoms with Gasteiger partial charge in [0.25, 0.3) is 0 Å². The molecule has 1 saturated heterocycles. The van der Waals surface area contributed by atoms with Crippen LogP contribution in [0.4, 0.5) is 5.69 Å². The van der Waals surface area contributed by atoms with Crippen molar-refractivity contribution in [2.45, 2.75) is 20.8 Å². The third-order valence-corrected chi connectivity index (χ3v) is 5.35. The molecule has 1 aromatic rings. The second-order valence-electron chi connectivity index (χ2n) is 7.26. The van der Waals surface area contributed by atoms with E-state index >= 15 is 0 Å². The number of hydrogen-bond acceptors (Lipinski definition) is 3. The number of benzene rings is 1. The average Bonchev–Trinajstić information content (AvgIpc) is 3.10. The van der Waals surface area contributed by atoms with E-state index in [9.17, 15) is 14.7 Å². The van der Waals surface area contributed by atoms with Gasteiger partial charge in [0, 0.05) is 31.9 Å². The molecule has 1 heterocycles. The number of piperazine rings is 1. The normalized spacial score (nSPS) is 26.0. The first-order chi connectivity index (χ1) is 10.8. The maximum absolute atomic E-state index is 12.6. The highest BCUT2D eigenvalue weighted by atomic mass is 16.4. The van der Waals surface area contributed by atoms with Gasteiger partial charge < -0.3 is 14.9 Å². The molecule has 1 amide bonds. The SMILES string of the molecule is Cc1ccc(N2CCN(C(=O)[C@@H]3[C@H](C(=O)O)C3(C)C)CC2)cc1. The first-order valence-corrected chi connectivity index (χ1v) is 8.15. The van der Waals surface area contributed by atoms with Crippen LogP contribution in [0.1, 0.15) is 19.4 Å². The number of nitrogens with zero attached hydrogens (tertiary/aromatic N) is 2. The maximum atomic E-state index is 12.6. The van der Waals surface area contributed by atoms with Crippen LogP contribution >= 0.6 is 0 Å². The van der Waals surface area contributed by atoms with E-state index in [1.165, 1.54) is 11.3 Å². The third kappa shape index (κ3) is 2.80. The van der Waals surface area contributed by atoms with Gasteiger partial charge >= 0.3 is 5.97 Å². The summed E-state index contributed by atoms with van der Waals surface area (Å²) in [5.41, 5.74) is 1.99. The Bertz CT molecular complexity index is 616. The Kier molecular flexibility index (Phi) is 3.82. The molecule has 1 N–H and O–H groups in total. The van der Waals surface area contributed by atoms with Gasteiger partial charge in [-0.15, -0.1) is 0 Å². The highest BCUT2D eigenvalue weighted by Gasteiger charge is 2.66. The fourth-order valence-electron chi connectivity index (χ4n) is 3.70. The first-order valence-electron chi connectivity index (χ1n) is 8.15. The van der Waals surface area contributed by atoms with Crippen LogP contribution in [0.25, 0.3) is 0 Å². The predicted octanol–water partition coefficient (Wildman–Crippen LogP) is 2.00. The zero-order valence-corrected chi connectivity index (χ0v) is 14.0. The number of carboxylic acids is 1. The molecule has 0 spiro atoms. The number of carboxylic acid groups (broad SMARTS) is 1. The van der Waals surface area contributed by atoms with Crippen molar-refractivity contribution >= 4 is 17.6 Å². The lowest BCUT2D eigenvalue weighted by Crippen LogP contribution is -2.49. The van der Waals surface area contributed by atoms with Gasteiger partial charge in [0.2, 0.25) is 5.91 Å². The Morgan fingerprint density at radius 1 is 1.04 bits per heavy atom. The van der Waals surface area contributed by atoms with Crippen molar-refractivity contribution in [3.05, 3.63) is 29.8 Å². The van der Waals surface area contributed by atoms with Gasteiger partial charge in [-0.2, -0.15) is 0 Å². The van der Waals surface area contributed by atoms with E-state index in [2.05, 4.69) is 36.1 Å². The molecular weight excluding hydrogens is 292 g/mol. The molecule has 1 aromatic carbocycles. The van der Waals surface area contributed by atoms with Crippen molar-refractivity contribution in [1.29, 1.82) is 0 Å². The first kappa shape index (κ1) is 15.8. The summed E-state index contributed by atoms with van der Waals surface area (Å²) < 4.78 is 0. The Morgan fingerprint density at radius 3 is 2.09 bits per heavy atom. The van der Waals surface area contributed by atoms with E-state index in [0.717, 1.165) is 13.1 Å². The van der Waals surface area contributed by atoms with Crippen molar-refractivity contribution in [2.75, 3.05) is 31.1 Å². The molecule has 2 atom stereocenters. The Balaban J connectivity index is 1.60. The third-order valence-electron chi connectivity index (χ3n) is 5.35. The molecule has 1 saturated carbocycles. The van der Waals surface area contributed by atoms with Crippen molar-refractivity contribution in [3.63, 3.8) is 0 Å². The second kappa shape index (κ2) is 5.55. The Hall–Kier alpha value is -2.04. The quantitative estimate of drug-likeness (QED) is 0.926. The number of hydrogen-bond donors (Lipinski definition) is 1. The molecule has 0 bridgehead atoms. The van der Waals surface area contributed by atoms with Crippen LogP contribution < -0.4 is 4.90 Å². The van der Waals surface area contributed by atoms with Crippen molar-refractivity contribution in [1.82, 2.24) is 4.90 Å². The van der Waals surface area contributed by atoms with E-state index in [0.29, 0.717) is 13.1 Å². The summed E-state index contributed by atoms with van der Waals surface area (Å²) in [5.74, 6) is -1.76. The van der Waals surface area contributed by atoms with Crippen LogP contribution in [0, 0.1) is 24.2 Å². The van der Waals surface area contributed by atoms with Crippen LogP contribution in [-0.2, 0) is 9.59 Å². The lowest BCUT2D eigenvalue weighted by atomic mass is 10.1. The van der Waals surface area contributed by atoms with Gasteiger partial charge in [-0.25, -0.2) is 0 Å². The zero-order chi connectivity index (χ0) is 16.8. The van der Waals surface area contributed by atoms with Crippen LogP contribution in [0.5, 0.6) is 0 Å². The summed E-state index contributed by atoms with van der Waals surface area (Å²) in [7, 11) is 0. The molecule has 0 unspecified atom stereocenters. The number of aliphatic carboxylic acids is 1. The smallest absolute Gasteiger partial charge is 0.307 e. The van der Waals surface area contributed by atoms with Crippen molar-refractivity contribution in [2.24, 2.45) is 17.3 Å². The van der Waals surface area contributed by atoms with Crippen LogP contribution in [0.3, 0.4) is 0 Å². The zero-order valence-electron chi connectivity index (χ0n) is 14.0. The number of rotatable bonds is 3. The van der Waals surface area contributed by atoms with Crippen LogP contribution in [0.15, 0.2) is 24.3 Å². The number of anilines is 1. The Morgan fingerprint density at radius 2 is 1.61 bits per heavy atom. The van der Waals surface area contributed by atoms with Crippen LogP contribution in [-0.4, -0.2) is 48.1 Å². The molecule has 1 aliphatic carbocycles. The summed E-state index contributed by atoms with van der Waals surface area (Å²) in [6.45, 7) is 8.71. The van der Waals surface area contributed by atoms with Gasteiger partial charge in [0.1, 0.15) is 0 Å². The molecule has 3 rings (SSSR count). The number of carbonyl (C=O) groups excluding carboxylic acids is 1. The number of amides is 1. The highest BCUT2D eigenvalue weighted by molar-refractivity contribution is 5.91. The van der Waals surface area contributed by atoms with E-state index in [-0.39, 0.29) is 11.8 Å². The number of aryl methyl sites for hydroxylation is 1. The van der Waals surface area contributed by atoms with Gasteiger partial charge in [-0.3, -0.25) is 9.59 Å². The largest absolute Gasteiger partial charge is 0.481 e. The predicted molar refractivity (Wildman–Crippen MR) is 88.4 cm³/mol. The van der Waals surface area contributed by atoms with Gasteiger partial charge in [0.15, 0.2) is 0 Å². The molecule has 0 radical (unpaired) electrons. The summed E-state index contributed by atoms with van der Waals surface area (Å²) in [5, 5.41) is 9.24. The fourth-order valence-corrected chi connectivity index (χ4v) is 3.70. The lowest BCUT2D eigenvalue weighted by Gasteiger charge is -2.36. The lowest BCUT2D eigenvalue weighted by molar-refractivity contribution is -0.142. The van der Waals surface area contributed by atoms with Gasteiger partial charge in [0.05, 0.1) is 11.8 Å². The van der Waals surface area contributed by atoms with E-state index in [1.807, 2.05) is 18.7 Å². The standard InChI is InChI=1S/C18H24N2O3/c1-12-4-6-13(7-5-12)19-8-10-20(11-9-19)16(21)14-15(17(22)23)18(14,2)3/h4-7,14-15H,8-11H2,1-3H3,(H,22,23)/t14-,15+/m0/s1. The summed E-state index contributed by atoms with van der Waals surface area (Å²) >= 11 is 0. The van der Waals surface area contributed by atoms with E-state index < -0.39 is 17.3 Å². The topological polar surface area (TPSA) is 60.9 Å². The Labute approximate surface area is 136 Å². The molecule has 2 aliphatic rings. The minimum Gasteiger partial charge on any atom is -0.481 e. The molecule has 5 heteroatoms. The summed E-state index contributed by atoms with van der Waals surface area (Å²) in [4.78, 5) is 28.0. The molecule has 124 valence electrons. The molecule has 2 fully saturated rings. The minimum absolute atomic E-state index is 0.00551. The molecule has 0 aromatic heterocycles. The molecular formula is C18H24N2O3. The fraction of sp³-hybridized carbons (Fsp3) is 0.556. The van der Waals surface area contributed by atoms with Crippen molar-refractivity contribution in [3.8, 4) is 0 Å². The highest BCUT2D eigenvalue weighted by Crippen LogP contribution is 2.59. The minimum atomic E-state index is -0.855. The van der Waals surface area contributed by atoms with E-state index in [4.69, 9.17) is 0 Å². The van der Waals surface area contributed by atoms with Crippen LogP contribution in [0.2, 0.25) is 0 Å². The second-order valence-corrected chi connectivity index (χ2v) is 7.26. The van der Waals surface area contributed by atoms with Gasteiger partial charge in [-0.05, 0) is 24.5 Å². The molecule has 1 aliphatic heterocycles. The van der Waals surface area contributed by atoms with Gasteiger partial charge in [-0.1, -0.05) is 31.5 Å². The monoisotopic (exact) mass is 316 g/mol. The maximum Gasteiger partial charge on any atom is 0.307 e. The van der Waals surface area contributed by atoms with Crippen molar-refractivity contribution < 1.29 is 14.7 Å². The summed E-state index contributed by atoms with van der Waals surface area (Å²) in [6.07, 6.45) is 0. The van der Waals surface area contributed by atoms with E-state index in [1.54, 1.807) is 0 Å². The molecule has 23 heavy (non-hydrogen) atoms.